The maximum Gasteiger partial charge on any atom is 0.417 e. The number of aromatic nitrogens is 2. The van der Waals surface area contributed by atoms with Gasteiger partial charge in [-0.1, -0.05) is 35.5 Å². The van der Waals surface area contributed by atoms with Crippen LogP contribution in [0.4, 0.5) is 19.1 Å². The summed E-state index contributed by atoms with van der Waals surface area (Å²) in [5.41, 5.74) is 4.26. The van der Waals surface area contributed by atoms with Crippen molar-refractivity contribution in [2.24, 2.45) is 5.73 Å². The summed E-state index contributed by atoms with van der Waals surface area (Å²) >= 11 is 7.09. The first-order chi connectivity index (χ1) is 17.5. The maximum atomic E-state index is 13.6. The topological polar surface area (TPSA) is 84.6 Å². The Morgan fingerprint density at radius 2 is 2.05 bits per heavy atom. The third kappa shape index (κ3) is 6.65. The van der Waals surface area contributed by atoms with Crippen molar-refractivity contribution >= 4 is 35.2 Å². The number of alkyl halides is 3. The summed E-state index contributed by atoms with van der Waals surface area (Å²) < 4.78 is 46.7. The van der Waals surface area contributed by atoms with Crippen LogP contribution in [0, 0.1) is 0 Å². The van der Waals surface area contributed by atoms with Gasteiger partial charge in [-0.15, -0.1) is 0 Å². The Morgan fingerprint density at radius 3 is 2.70 bits per heavy atom. The van der Waals surface area contributed by atoms with E-state index in [1.807, 2.05) is 20.2 Å². The molecule has 12 heteroatoms. The van der Waals surface area contributed by atoms with Crippen molar-refractivity contribution < 1.29 is 22.7 Å². The van der Waals surface area contributed by atoms with Gasteiger partial charge in [-0.05, 0) is 56.4 Å². The van der Waals surface area contributed by atoms with Crippen LogP contribution in [0.1, 0.15) is 27.9 Å². The third-order valence-electron chi connectivity index (χ3n) is 5.94. The number of primary amides is 1. The van der Waals surface area contributed by atoms with Crippen molar-refractivity contribution in [3.63, 3.8) is 0 Å². The van der Waals surface area contributed by atoms with Gasteiger partial charge >= 0.3 is 6.18 Å². The predicted octanol–water partition coefficient (Wildman–Crippen LogP) is 5.12. The van der Waals surface area contributed by atoms with Crippen molar-refractivity contribution in [1.29, 1.82) is 0 Å². The minimum Gasteiger partial charge on any atom is -0.472 e. The van der Waals surface area contributed by atoms with Gasteiger partial charge in [0.2, 0.25) is 17.7 Å². The zero-order valence-electron chi connectivity index (χ0n) is 20.1. The fourth-order valence-electron chi connectivity index (χ4n) is 3.96. The quantitative estimate of drug-likeness (QED) is 0.416. The van der Waals surface area contributed by atoms with E-state index in [4.69, 9.17) is 22.1 Å². The molecule has 1 aliphatic rings. The van der Waals surface area contributed by atoms with Crippen LogP contribution < -0.4 is 15.4 Å². The Balaban J connectivity index is 1.65. The standard InChI is InChI=1S/C25H25ClF3N5O2S/c1-33(2)17-8-9-34(13-17)24-31-12-21(23(32-24)36-14-15-4-3-5-16(26)10-15)37-18-6-7-19(22(30)35)20(11-18)25(27,28)29/h3-7,10-12,17H,8-9,13-14H2,1-2H3,(H2,30,35). The van der Waals surface area contributed by atoms with E-state index in [1.54, 1.807) is 24.4 Å². The summed E-state index contributed by atoms with van der Waals surface area (Å²) in [6, 6.07) is 10.9. The van der Waals surface area contributed by atoms with Crippen molar-refractivity contribution in [3.8, 4) is 5.88 Å². The number of likely N-dealkylation sites (N-methyl/N-ethyl adjacent to an activating group) is 1. The second kappa shape index (κ2) is 11.2. The van der Waals surface area contributed by atoms with Gasteiger partial charge in [-0.2, -0.15) is 18.2 Å². The molecule has 0 radical (unpaired) electrons. The lowest BCUT2D eigenvalue weighted by Gasteiger charge is -2.21. The van der Waals surface area contributed by atoms with Crippen LogP contribution in [0.3, 0.4) is 0 Å². The Morgan fingerprint density at radius 1 is 1.27 bits per heavy atom. The number of rotatable bonds is 8. The molecule has 0 spiro atoms. The van der Waals surface area contributed by atoms with E-state index >= 15 is 0 Å². The van der Waals surface area contributed by atoms with E-state index in [2.05, 4.69) is 19.8 Å². The number of benzene rings is 2. The molecule has 0 saturated carbocycles. The minimum atomic E-state index is -4.74. The molecule has 1 saturated heterocycles. The largest absolute Gasteiger partial charge is 0.472 e. The molecule has 1 atom stereocenters. The highest BCUT2D eigenvalue weighted by atomic mass is 35.5. The number of nitrogens with zero attached hydrogens (tertiary/aromatic N) is 4. The molecular weight excluding hydrogens is 527 g/mol. The van der Waals surface area contributed by atoms with Gasteiger partial charge in [-0.25, -0.2) is 4.98 Å². The number of nitrogens with two attached hydrogens (primary N) is 1. The molecule has 3 aromatic rings. The van der Waals surface area contributed by atoms with Crippen LogP contribution >= 0.6 is 23.4 Å². The molecule has 1 unspecified atom stereocenters. The summed E-state index contributed by atoms with van der Waals surface area (Å²) in [4.78, 5) is 25.5. The molecule has 2 aromatic carbocycles. The van der Waals surface area contributed by atoms with Crippen LogP contribution in [0.2, 0.25) is 5.02 Å². The monoisotopic (exact) mass is 551 g/mol. The van der Waals surface area contributed by atoms with Crippen molar-refractivity contribution in [1.82, 2.24) is 14.9 Å². The molecular formula is C25H25ClF3N5O2S. The summed E-state index contributed by atoms with van der Waals surface area (Å²) in [5.74, 6) is -0.436. The smallest absolute Gasteiger partial charge is 0.417 e. The number of halogens is 4. The van der Waals surface area contributed by atoms with Gasteiger partial charge in [0.25, 0.3) is 0 Å². The summed E-state index contributed by atoms with van der Waals surface area (Å²) in [6.45, 7) is 1.67. The summed E-state index contributed by atoms with van der Waals surface area (Å²) in [5, 5.41) is 0.556. The molecule has 196 valence electrons. The SMILES string of the molecule is CN(C)C1CCN(c2ncc(Sc3ccc(C(N)=O)c(C(F)(F)F)c3)c(OCc3cccc(Cl)c3)n2)C1. The molecule has 4 rings (SSSR count). The van der Waals surface area contributed by atoms with Gasteiger partial charge < -0.3 is 20.3 Å². The lowest BCUT2D eigenvalue weighted by molar-refractivity contribution is -0.138. The van der Waals surface area contributed by atoms with Gasteiger partial charge in [0, 0.05) is 29.0 Å². The van der Waals surface area contributed by atoms with E-state index in [-0.39, 0.29) is 17.4 Å². The van der Waals surface area contributed by atoms with Crippen molar-refractivity contribution in [2.75, 3.05) is 32.1 Å². The van der Waals surface area contributed by atoms with Crippen LogP contribution in [0.15, 0.2) is 58.5 Å². The molecule has 1 amide bonds. The predicted molar refractivity (Wildman–Crippen MR) is 136 cm³/mol. The van der Waals surface area contributed by atoms with Crippen LogP contribution in [-0.4, -0.2) is 54.0 Å². The Kier molecular flexibility index (Phi) is 8.15. The van der Waals surface area contributed by atoms with E-state index in [1.165, 1.54) is 6.07 Å². The van der Waals surface area contributed by atoms with Gasteiger partial charge in [0.15, 0.2) is 0 Å². The number of carbonyl (C=O) groups is 1. The maximum absolute atomic E-state index is 13.6. The average Bonchev–Trinajstić information content (AvgIpc) is 3.34. The first kappa shape index (κ1) is 27.0. The van der Waals surface area contributed by atoms with Crippen molar-refractivity contribution in [2.45, 2.75) is 35.0 Å². The van der Waals surface area contributed by atoms with Crippen LogP contribution in [0.5, 0.6) is 5.88 Å². The fraction of sp³-hybridized carbons (Fsp3) is 0.320. The molecule has 1 aromatic heterocycles. The Hall–Kier alpha value is -3.02. The third-order valence-corrected chi connectivity index (χ3v) is 7.17. The van der Waals surface area contributed by atoms with Crippen molar-refractivity contribution in [3.05, 3.63) is 70.4 Å². The highest BCUT2D eigenvalue weighted by molar-refractivity contribution is 7.99. The second-order valence-corrected chi connectivity index (χ2v) is 10.3. The van der Waals surface area contributed by atoms with E-state index < -0.39 is 23.2 Å². The molecule has 2 N–H and O–H groups in total. The zero-order chi connectivity index (χ0) is 26.7. The first-order valence-electron chi connectivity index (χ1n) is 11.4. The van der Waals surface area contributed by atoms with Crippen LogP contribution in [-0.2, 0) is 12.8 Å². The lowest BCUT2D eigenvalue weighted by Crippen LogP contribution is -2.32. The van der Waals surface area contributed by atoms with Gasteiger partial charge in [-0.3, -0.25) is 4.79 Å². The average molecular weight is 552 g/mol. The normalized spacial score (nSPS) is 15.9. The number of hydrogen-bond acceptors (Lipinski definition) is 7. The second-order valence-electron chi connectivity index (χ2n) is 8.78. The summed E-state index contributed by atoms with van der Waals surface area (Å²) in [6.07, 6.45) is -2.25. The number of hydrogen-bond donors (Lipinski definition) is 1. The Labute approximate surface area is 221 Å². The minimum absolute atomic E-state index is 0.152. The number of ether oxygens (including phenoxy) is 1. The van der Waals surface area contributed by atoms with E-state index in [0.29, 0.717) is 21.9 Å². The number of anilines is 1. The molecule has 1 aliphatic heterocycles. The molecule has 0 bridgehead atoms. The van der Waals surface area contributed by atoms with E-state index in [9.17, 15) is 18.0 Å². The summed E-state index contributed by atoms with van der Waals surface area (Å²) in [7, 11) is 4.04. The highest BCUT2D eigenvalue weighted by Crippen LogP contribution is 2.39. The number of amides is 1. The highest BCUT2D eigenvalue weighted by Gasteiger charge is 2.35. The lowest BCUT2D eigenvalue weighted by atomic mass is 10.1. The molecule has 1 fully saturated rings. The van der Waals surface area contributed by atoms with E-state index in [0.717, 1.165) is 49.0 Å². The zero-order valence-corrected chi connectivity index (χ0v) is 21.7. The fourth-order valence-corrected chi connectivity index (χ4v) is 5.04. The molecule has 2 heterocycles. The first-order valence-corrected chi connectivity index (χ1v) is 12.6. The van der Waals surface area contributed by atoms with Crippen LogP contribution in [0.25, 0.3) is 0 Å². The molecule has 0 aliphatic carbocycles. The molecule has 37 heavy (non-hydrogen) atoms. The molecule has 7 nitrogen and oxygen atoms in total. The number of carbonyl (C=O) groups excluding carboxylic acids is 1. The van der Waals surface area contributed by atoms with Gasteiger partial charge in [0.05, 0.1) is 22.2 Å². The van der Waals surface area contributed by atoms with Gasteiger partial charge in [0.1, 0.15) is 6.61 Å². The Bertz CT molecular complexity index is 1290.